The highest BCUT2D eigenvalue weighted by molar-refractivity contribution is 7.14. The predicted molar refractivity (Wildman–Crippen MR) is 218 cm³/mol. The summed E-state index contributed by atoms with van der Waals surface area (Å²) in [7, 11) is 1.55. The van der Waals surface area contributed by atoms with Gasteiger partial charge in [0.1, 0.15) is 47.0 Å². The van der Waals surface area contributed by atoms with Crippen molar-refractivity contribution in [3.63, 3.8) is 0 Å². The minimum Gasteiger partial charge on any atom is -0.497 e. The molecule has 2 saturated carbocycles. The van der Waals surface area contributed by atoms with Gasteiger partial charge in [-0.25, -0.2) is 24.4 Å². The normalized spacial score (nSPS) is 25.5. The quantitative estimate of drug-likeness (QED) is 0.163. The molecule has 0 spiro atoms. The van der Waals surface area contributed by atoms with E-state index in [1.165, 1.54) is 16.2 Å². The lowest BCUT2D eigenvalue weighted by molar-refractivity contribution is -0.145. The van der Waals surface area contributed by atoms with Gasteiger partial charge >= 0.3 is 18.2 Å². The molecule has 59 heavy (non-hydrogen) atoms. The number of carboxylic acids is 1. The van der Waals surface area contributed by atoms with Crippen molar-refractivity contribution in [2.75, 3.05) is 25.6 Å². The highest BCUT2D eigenvalue weighted by Gasteiger charge is 2.61. The third-order valence-corrected chi connectivity index (χ3v) is 12.0. The summed E-state index contributed by atoms with van der Waals surface area (Å²) in [4.78, 5) is 77.7. The van der Waals surface area contributed by atoms with Gasteiger partial charge in [-0.2, -0.15) is 0 Å². The monoisotopic (exact) mass is 832 g/mol. The highest BCUT2D eigenvalue weighted by Crippen LogP contribution is 2.45. The van der Waals surface area contributed by atoms with Gasteiger partial charge in [0.15, 0.2) is 5.13 Å². The van der Waals surface area contributed by atoms with Crippen LogP contribution in [0.15, 0.2) is 41.8 Å². The molecule has 1 aromatic carbocycles. The Labute approximate surface area is 346 Å². The number of fused-ring (bicyclic) bond motifs is 3. The van der Waals surface area contributed by atoms with E-state index in [0.717, 1.165) is 44.9 Å². The molecule has 2 aliphatic heterocycles. The number of alkyl carbamates (subject to hydrolysis) is 1. The van der Waals surface area contributed by atoms with E-state index < -0.39 is 53.7 Å². The summed E-state index contributed by atoms with van der Waals surface area (Å²) in [6.45, 7) is 4.11. The number of allylic oxidation sites excluding steroid dienone is 1. The van der Waals surface area contributed by atoms with Gasteiger partial charge in [0.25, 0.3) is 0 Å². The number of thiazole rings is 1. The van der Waals surface area contributed by atoms with Crippen LogP contribution in [-0.4, -0.2) is 100 Å². The van der Waals surface area contributed by atoms with Gasteiger partial charge < -0.3 is 39.6 Å². The van der Waals surface area contributed by atoms with Gasteiger partial charge in [0, 0.05) is 35.2 Å². The summed E-state index contributed by atoms with van der Waals surface area (Å²) in [5.41, 5.74) is -0.0591. The van der Waals surface area contributed by atoms with Gasteiger partial charge in [-0.1, -0.05) is 38.8 Å². The van der Waals surface area contributed by atoms with Crippen LogP contribution in [-0.2, 0) is 23.9 Å². The molecule has 5 atom stereocenters. The summed E-state index contributed by atoms with van der Waals surface area (Å²) >= 11 is 1.20. The van der Waals surface area contributed by atoms with E-state index in [4.69, 9.17) is 23.9 Å². The zero-order chi connectivity index (χ0) is 41.7. The lowest BCUT2D eigenvalue weighted by atomic mass is 10.0. The number of anilines is 1. The maximum atomic E-state index is 14.6. The van der Waals surface area contributed by atoms with Crippen molar-refractivity contribution < 1.29 is 48.0 Å². The molecule has 7 rings (SSSR count). The zero-order valence-corrected chi connectivity index (χ0v) is 34.4. The number of benzene rings is 1. The van der Waals surface area contributed by atoms with Crippen molar-refractivity contribution in [3.05, 3.63) is 41.8 Å². The molecule has 4 N–H and O–H groups in total. The number of carbonyl (C=O) groups is 5. The van der Waals surface area contributed by atoms with Gasteiger partial charge in [-0.15, -0.1) is 11.3 Å². The summed E-state index contributed by atoms with van der Waals surface area (Å²) < 4.78 is 23.1. The van der Waals surface area contributed by atoms with Crippen LogP contribution in [0.3, 0.4) is 0 Å². The largest absolute Gasteiger partial charge is 0.497 e. The van der Waals surface area contributed by atoms with Crippen LogP contribution in [0.25, 0.3) is 22.3 Å². The van der Waals surface area contributed by atoms with E-state index in [1.807, 2.05) is 26.0 Å². The van der Waals surface area contributed by atoms with E-state index >= 15 is 0 Å². The fourth-order valence-corrected chi connectivity index (χ4v) is 8.70. The fraction of sp³-hybridized carbons (Fsp3) is 0.548. The number of ether oxygens (including phenoxy) is 4. The Morgan fingerprint density at radius 3 is 2.58 bits per heavy atom. The molecule has 0 bridgehead atoms. The van der Waals surface area contributed by atoms with Crippen molar-refractivity contribution in [2.45, 2.75) is 114 Å². The van der Waals surface area contributed by atoms with Crippen molar-refractivity contribution in [3.8, 4) is 22.9 Å². The molecule has 2 aromatic heterocycles. The van der Waals surface area contributed by atoms with Crippen LogP contribution in [0.2, 0.25) is 0 Å². The first kappa shape index (κ1) is 41.7. The van der Waals surface area contributed by atoms with Gasteiger partial charge in [-0.3, -0.25) is 14.9 Å². The average molecular weight is 833 g/mol. The number of carboxylic acid groups (broad SMARTS) is 1. The molecular weight excluding hydrogens is 781 g/mol. The molecule has 3 aromatic rings. The van der Waals surface area contributed by atoms with E-state index in [0.29, 0.717) is 51.8 Å². The van der Waals surface area contributed by atoms with E-state index in [1.54, 1.807) is 36.8 Å². The van der Waals surface area contributed by atoms with Gasteiger partial charge in [-0.05, 0) is 69.4 Å². The van der Waals surface area contributed by atoms with Gasteiger partial charge in [0.2, 0.25) is 11.8 Å². The number of pyridine rings is 1. The average Bonchev–Trinajstić information content (AvgIpc) is 3.63. The molecular formula is C42H52N6O10S. The summed E-state index contributed by atoms with van der Waals surface area (Å²) in [5.74, 6) is -1.47. The standard InChI is InChI=1S/C42H52N6O10S/c1-24(2)22-56-40(53)46-39-44-33(23-59-39)32-19-35(29-16-15-27(55-3)17-31(29)43-32)57-28-18-34-36(49)47-42(38(51)52)20-25(42)11-7-5-4-6-8-14-30(37(50)48(34)21-28)45-41(54)58-26-12-9-10-13-26/h7,11,15-17,19,23-26,28,30,34H,4-6,8-10,12-14,18,20-22H2,1-3H3,(H,45,54)(H,47,49)(H,51,52)(H,44,46,53)/b11-7-/t25?,28-,30+,34+,42-/m1/s1. The van der Waals surface area contributed by atoms with Crippen molar-refractivity contribution in [1.29, 1.82) is 0 Å². The third kappa shape index (κ3) is 9.89. The Balaban J connectivity index is 1.18. The van der Waals surface area contributed by atoms with Crippen LogP contribution in [0.1, 0.15) is 84.5 Å². The molecule has 4 aliphatic rings. The first-order valence-corrected chi connectivity index (χ1v) is 21.3. The number of nitrogens with zero attached hydrogens (tertiary/aromatic N) is 3. The number of aliphatic carboxylic acids is 1. The number of rotatable bonds is 10. The Bertz CT molecular complexity index is 2080. The van der Waals surface area contributed by atoms with Crippen LogP contribution in [0, 0.1) is 11.8 Å². The van der Waals surface area contributed by atoms with E-state index in [9.17, 15) is 29.1 Å². The van der Waals surface area contributed by atoms with Crippen LogP contribution < -0.4 is 25.4 Å². The van der Waals surface area contributed by atoms with Crippen molar-refractivity contribution in [1.82, 2.24) is 25.5 Å². The highest BCUT2D eigenvalue weighted by atomic mass is 32.1. The molecule has 1 saturated heterocycles. The molecule has 2 aliphatic carbocycles. The Morgan fingerprint density at radius 2 is 1.81 bits per heavy atom. The second-order valence-electron chi connectivity index (χ2n) is 16.2. The summed E-state index contributed by atoms with van der Waals surface area (Å²) in [5, 5.41) is 21.3. The molecule has 4 heterocycles. The number of hydrogen-bond acceptors (Lipinski definition) is 12. The minimum atomic E-state index is -1.48. The third-order valence-electron chi connectivity index (χ3n) is 11.3. The molecule has 1 unspecified atom stereocenters. The number of hydrogen-bond donors (Lipinski definition) is 4. The number of nitrogens with one attached hydrogen (secondary N) is 3. The van der Waals surface area contributed by atoms with Crippen molar-refractivity contribution in [2.24, 2.45) is 11.8 Å². The van der Waals surface area contributed by atoms with Crippen LogP contribution in [0.4, 0.5) is 14.7 Å². The lowest BCUT2D eigenvalue weighted by Crippen LogP contribution is -2.56. The lowest BCUT2D eigenvalue weighted by Gasteiger charge is -2.29. The molecule has 316 valence electrons. The van der Waals surface area contributed by atoms with Crippen molar-refractivity contribution >= 4 is 57.3 Å². The first-order chi connectivity index (χ1) is 28.4. The second-order valence-corrected chi connectivity index (χ2v) is 17.0. The number of carbonyl (C=O) groups excluding carboxylic acids is 4. The minimum absolute atomic E-state index is 0.0191. The maximum Gasteiger partial charge on any atom is 0.413 e. The van der Waals surface area contributed by atoms with Crippen LogP contribution in [0.5, 0.6) is 11.5 Å². The second kappa shape index (κ2) is 18.2. The van der Waals surface area contributed by atoms with E-state index in [-0.39, 0.29) is 43.9 Å². The van der Waals surface area contributed by atoms with Crippen LogP contribution >= 0.6 is 11.3 Å². The molecule has 16 nitrogen and oxygen atoms in total. The smallest absolute Gasteiger partial charge is 0.413 e. The molecule has 17 heteroatoms. The van der Waals surface area contributed by atoms with E-state index in [2.05, 4.69) is 20.9 Å². The Morgan fingerprint density at radius 1 is 1.02 bits per heavy atom. The Hall–Kier alpha value is -5.45. The first-order valence-electron chi connectivity index (χ1n) is 20.5. The Kier molecular flexibility index (Phi) is 12.9. The fourth-order valence-electron chi connectivity index (χ4n) is 8.01. The molecule has 0 radical (unpaired) electrons. The summed E-state index contributed by atoms with van der Waals surface area (Å²) in [6, 6.07) is 4.97. The number of aromatic nitrogens is 2. The maximum absolute atomic E-state index is 14.6. The summed E-state index contributed by atoms with van der Waals surface area (Å²) in [6.07, 6.45) is 8.68. The number of amides is 4. The topological polar surface area (TPSA) is 208 Å². The van der Waals surface area contributed by atoms with Gasteiger partial charge in [0.05, 0.1) is 31.5 Å². The predicted octanol–water partition coefficient (Wildman–Crippen LogP) is 6.44. The SMILES string of the molecule is COc1ccc2c(O[C@@H]3C[C@H]4C(=O)N[C@]5(C(=O)O)CC5/C=C\CCCCC[C@H](NC(=O)OC5CCCC5)C(=O)N4C3)cc(-c3csc(NC(=O)OCC(C)C)n3)nc2c1. The number of methoxy groups -OCH3 is 1. The zero-order valence-electron chi connectivity index (χ0n) is 33.6. The molecule has 4 amide bonds. The molecule has 3 fully saturated rings.